The molecule has 2 aliphatic rings. The van der Waals surface area contributed by atoms with Crippen molar-refractivity contribution < 1.29 is 0 Å². The van der Waals surface area contributed by atoms with E-state index in [9.17, 15) is 0 Å². The maximum atomic E-state index is 4.66. The van der Waals surface area contributed by atoms with Crippen molar-refractivity contribution in [3.63, 3.8) is 0 Å². The SMILES string of the molecule is CC1CN=C(N2CCN(CCCCCn3cccn3)CC2)S1. The Labute approximate surface area is 137 Å². The fourth-order valence-corrected chi connectivity index (χ4v) is 4.01. The molecule has 5 nitrogen and oxygen atoms in total. The van der Waals surface area contributed by atoms with Gasteiger partial charge in [0.1, 0.15) is 0 Å². The molecule has 3 rings (SSSR count). The van der Waals surface area contributed by atoms with E-state index in [1.165, 1.54) is 44.1 Å². The number of rotatable bonds is 6. The van der Waals surface area contributed by atoms with Gasteiger partial charge in [0, 0.05) is 50.4 Å². The maximum Gasteiger partial charge on any atom is 0.159 e. The van der Waals surface area contributed by atoms with E-state index < -0.39 is 0 Å². The minimum Gasteiger partial charge on any atom is -0.349 e. The Morgan fingerprint density at radius 1 is 1.14 bits per heavy atom. The highest BCUT2D eigenvalue weighted by atomic mass is 32.2. The number of amidine groups is 1. The molecule has 1 atom stereocenters. The van der Waals surface area contributed by atoms with Gasteiger partial charge in [-0.2, -0.15) is 5.10 Å². The highest BCUT2D eigenvalue weighted by Crippen LogP contribution is 2.23. The minimum atomic E-state index is 0.669. The summed E-state index contributed by atoms with van der Waals surface area (Å²) in [5.41, 5.74) is 0. The molecule has 2 aliphatic heterocycles. The number of thioether (sulfide) groups is 1. The summed E-state index contributed by atoms with van der Waals surface area (Å²) >= 11 is 1.95. The van der Waals surface area contributed by atoms with Crippen molar-refractivity contribution in [2.24, 2.45) is 4.99 Å². The third-order valence-electron chi connectivity index (χ3n) is 4.35. The minimum absolute atomic E-state index is 0.669. The molecule has 0 radical (unpaired) electrons. The standard InChI is InChI=1S/C16H27N5S/c1-15-14-17-16(22-15)20-12-10-19(11-13-20)7-3-2-4-8-21-9-5-6-18-21/h5-6,9,15H,2-4,7-8,10-14H2,1H3. The zero-order chi connectivity index (χ0) is 15.2. The lowest BCUT2D eigenvalue weighted by atomic mass is 10.2. The summed E-state index contributed by atoms with van der Waals surface area (Å²) in [6, 6.07) is 1.99. The first-order valence-corrected chi connectivity index (χ1v) is 9.35. The summed E-state index contributed by atoms with van der Waals surface area (Å²) in [5.74, 6) is 0. The molecule has 1 unspecified atom stereocenters. The zero-order valence-corrected chi connectivity index (χ0v) is 14.3. The van der Waals surface area contributed by atoms with Crippen LogP contribution in [-0.2, 0) is 6.54 Å². The van der Waals surface area contributed by atoms with Crippen LogP contribution in [0, 0.1) is 0 Å². The van der Waals surface area contributed by atoms with Gasteiger partial charge in [-0.25, -0.2) is 0 Å². The normalized spacial score (nSPS) is 23.0. The van der Waals surface area contributed by atoms with Crippen molar-refractivity contribution in [3.05, 3.63) is 18.5 Å². The molecule has 3 heterocycles. The van der Waals surface area contributed by atoms with Crippen LogP contribution in [0.15, 0.2) is 23.5 Å². The monoisotopic (exact) mass is 321 g/mol. The van der Waals surface area contributed by atoms with E-state index >= 15 is 0 Å². The van der Waals surface area contributed by atoms with Crippen LogP contribution < -0.4 is 0 Å². The highest BCUT2D eigenvalue weighted by Gasteiger charge is 2.24. The van der Waals surface area contributed by atoms with E-state index in [1.807, 2.05) is 34.9 Å². The summed E-state index contributed by atoms with van der Waals surface area (Å²) < 4.78 is 2.03. The van der Waals surface area contributed by atoms with Gasteiger partial charge in [-0.1, -0.05) is 25.1 Å². The van der Waals surface area contributed by atoms with Crippen molar-refractivity contribution in [1.82, 2.24) is 19.6 Å². The molecule has 0 amide bonds. The largest absolute Gasteiger partial charge is 0.349 e. The lowest BCUT2D eigenvalue weighted by molar-refractivity contribution is 0.181. The lowest BCUT2D eigenvalue weighted by Crippen LogP contribution is -2.47. The first-order chi connectivity index (χ1) is 10.8. The molecule has 0 spiro atoms. The molecule has 122 valence electrons. The van der Waals surface area contributed by atoms with Crippen molar-refractivity contribution >= 4 is 16.9 Å². The average molecular weight is 321 g/mol. The Hall–Kier alpha value is -1.01. The second-order valence-electron chi connectivity index (χ2n) is 6.21. The first-order valence-electron chi connectivity index (χ1n) is 8.47. The summed E-state index contributed by atoms with van der Waals surface area (Å²) in [6.07, 6.45) is 7.72. The van der Waals surface area contributed by atoms with Crippen molar-refractivity contribution in [2.75, 3.05) is 39.3 Å². The third kappa shape index (κ3) is 4.49. The van der Waals surface area contributed by atoms with Gasteiger partial charge >= 0.3 is 0 Å². The van der Waals surface area contributed by atoms with E-state index in [2.05, 4.69) is 26.8 Å². The van der Waals surface area contributed by atoms with Crippen LogP contribution in [0.1, 0.15) is 26.2 Å². The molecule has 6 heteroatoms. The fourth-order valence-electron chi connectivity index (χ4n) is 3.02. The van der Waals surface area contributed by atoms with Crippen LogP contribution >= 0.6 is 11.8 Å². The molecule has 1 aromatic rings. The predicted molar refractivity (Wildman–Crippen MR) is 93.4 cm³/mol. The van der Waals surface area contributed by atoms with Crippen LogP contribution in [0.5, 0.6) is 0 Å². The molecule has 0 aromatic carbocycles. The molecule has 1 fully saturated rings. The van der Waals surface area contributed by atoms with Crippen LogP contribution in [0.2, 0.25) is 0 Å². The Kier molecular flexibility index (Phi) is 5.78. The first kappa shape index (κ1) is 15.9. The number of piperazine rings is 1. The molecule has 0 N–H and O–H groups in total. The van der Waals surface area contributed by atoms with E-state index in [0.717, 1.165) is 26.2 Å². The Morgan fingerprint density at radius 3 is 2.64 bits per heavy atom. The van der Waals surface area contributed by atoms with Crippen molar-refractivity contribution in [3.8, 4) is 0 Å². The van der Waals surface area contributed by atoms with Crippen molar-refractivity contribution in [1.29, 1.82) is 0 Å². The second-order valence-corrected chi connectivity index (χ2v) is 7.62. The van der Waals surface area contributed by atoms with Gasteiger partial charge in [0.05, 0.1) is 6.54 Å². The Bertz CT molecular complexity index is 465. The molecular weight excluding hydrogens is 294 g/mol. The second kappa shape index (κ2) is 8.02. The summed E-state index contributed by atoms with van der Waals surface area (Å²) in [6.45, 7) is 10.2. The predicted octanol–water partition coefficient (Wildman–Crippen LogP) is 2.16. The number of aliphatic imine (C=N–C) groups is 1. The van der Waals surface area contributed by atoms with Crippen LogP contribution in [0.4, 0.5) is 0 Å². The molecular formula is C16H27N5S. The third-order valence-corrected chi connectivity index (χ3v) is 5.50. The fraction of sp³-hybridized carbons (Fsp3) is 0.750. The molecule has 22 heavy (non-hydrogen) atoms. The van der Waals surface area contributed by atoms with Crippen LogP contribution in [0.3, 0.4) is 0 Å². The van der Waals surface area contributed by atoms with Gasteiger partial charge in [0.2, 0.25) is 0 Å². The molecule has 0 aliphatic carbocycles. The molecule has 1 saturated heterocycles. The van der Waals surface area contributed by atoms with E-state index in [4.69, 9.17) is 0 Å². The van der Waals surface area contributed by atoms with Gasteiger partial charge < -0.3 is 4.90 Å². The maximum absolute atomic E-state index is 4.66. The van der Waals surface area contributed by atoms with Gasteiger partial charge in [0.15, 0.2) is 5.17 Å². The summed E-state index contributed by atoms with van der Waals surface area (Å²) in [4.78, 5) is 9.73. The number of aromatic nitrogens is 2. The molecule has 1 aromatic heterocycles. The van der Waals surface area contributed by atoms with E-state index in [1.54, 1.807) is 0 Å². The highest BCUT2D eigenvalue weighted by molar-refractivity contribution is 8.14. The lowest BCUT2D eigenvalue weighted by Gasteiger charge is -2.35. The average Bonchev–Trinajstić information content (AvgIpc) is 3.19. The van der Waals surface area contributed by atoms with Gasteiger partial charge in [0.25, 0.3) is 0 Å². The Morgan fingerprint density at radius 2 is 1.95 bits per heavy atom. The number of hydrogen-bond donors (Lipinski definition) is 0. The van der Waals surface area contributed by atoms with E-state index in [-0.39, 0.29) is 0 Å². The number of unbranched alkanes of at least 4 members (excludes halogenated alkanes) is 2. The van der Waals surface area contributed by atoms with Gasteiger partial charge in [-0.15, -0.1) is 0 Å². The Balaban J connectivity index is 1.26. The van der Waals surface area contributed by atoms with Crippen molar-refractivity contribution in [2.45, 2.75) is 38.0 Å². The number of aryl methyl sites for hydroxylation is 1. The molecule has 0 saturated carbocycles. The van der Waals surface area contributed by atoms with E-state index in [0.29, 0.717) is 5.25 Å². The number of hydrogen-bond acceptors (Lipinski definition) is 5. The topological polar surface area (TPSA) is 36.7 Å². The zero-order valence-electron chi connectivity index (χ0n) is 13.5. The van der Waals surface area contributed by atoms with Crippen LogP contribution in [-0.4, -0.2) is 69.3 Å². The molecule has 0 bridgehead atoms. The van der Waals surface area contributed by atoms with Gasteiger partial charge in [-0.3, -0.25) is 14.6 Å². The quantitative estimate of drug-likeness (QED) is 0.753. The smallest absolute Gasteiger partial charge is 0.159 e. The summed E-state index contributed by atoms with van der Waals surface area (Å²) in [7, 11) is 0. The van der Waals surface area contributed by atoms with Gasteiger partial charge in [-0.05, 0) is 25.5 Å². The van der Waals surface area contributed by atoms with Crippen LogP contribution in [0.25, 0.3) is 0 Å². The number of nitrogens with zero attached hydrogens (tertiary/aromatic N) is 5. The summed E-state index contributed by atoms with van der Waals surface area (Å²) in [5, 5.41) is 6.20.